The number of hydrogen-bond acceptors (Lipinski definition) is 6. The van der Waals surface area contributed by atoms with Gasteiger partial charge in [-0.3, -0.25) is 14.8 Å². The van der Waals surface area contributed by atoms with E-state index in [4.69, 9.17) is 10.2 Å². The second kappa shape index (κ2) is 25.7. The summed E-state index contributed by atoms with van der Waals surface area (Å²) < 4.78 is 0. The summed E-state index contributed by atoms with van der Waals surface area (Å²) >= 11 is 0. The summed E-state index contributed by atoms with van der Waals surface area (Å²) in [4.78, 5) is 13.6. The number of rotatable bonds is 27. The Balaban J connectivity index is 1.27. The minimum atomic E-state index is 0.670. The van der Waals surface area contributed by atoms with Crippen LogP contribution in [0, 0.1) is 0 Å². The van der Waals surface area contributed by atoms with E-state index in [0.717, 1.165) is 71.8 Å². The number of carbonyl (C=O) groups is 1. The highest BCUT2D eigenvalue weighted by atomic mass is 16.1. The zero-order valence-corrected chi connectivity index (χ0v) is 35.1. The van der Waals surface area contributed by atoms with Gasteiger partial charge >= 0.3 is 0 Å². The molecule has 6 nitrogen and oxygen atoms in total. The van der Waals surface area contributed by atoms with Crippen LogP contribution >= 0.6 is 0 Å². The molecule has 0 spiro atoms. The summed E-state index contributed by atoms with van der Waals surface area (Å²) in [5.74, 6) is 0. The van der Waals surface area contributed by atoms with Gasteiger partial charge < -0.3 is 4.90 Å². The van der Waals surface area contributed by atoms with Gasteiger partial charge in [0, 0.05) is 35.7 Å². The van der Waals surface area contributed by atoms with Gasteiger partial charge in [-0.25, -0.2) is 0 Å². The Morgan fingerprint density at radius 1 is 0.379 bits per heavy atom. The number of benzene rings is 5. The van der Waals surface area contributed by atoms with Crippen LogP contribution in [-0.4, -0.2) is 31.8 Å². The van der Waals surface area contributed by atoms with Crippen LogP contribution in [0.4, 0.5) is 28.4 Å². The number of hydrogen-bond donors (Lipinski definition) is 0. The molecule has 0 heterocycles. The van der Waals surface area contributed by atoms with Crippen molar-refractivity contribution in [1.82, 2.24) is 0 Å². The molecule has 0 bridgehead atoms. The Morgan fingerprint density at radius 2 is 0.707 bits per heavy atom. The minimum Gasteiger partial charge on any atom is -0.311 e. The highest BCUT2D eigenvalue weighted by Crippen LogP contribution is 2.34. The van der Waals surface area contributed by atoms with E-state index in [1.54, 1.807) is 0 Å². The summed E-state index contributed by atoms with van der Waals surface area (Å²) in [6.07, 6.45) is 23.9. The molecule has 0 aromatic heterocycles. The molecule has 0 aliphatic heterocycles. The predicted octanol–water partition coefficient (Wildman–Crippen LogP) is 14.5. The maximum Gasteiger partial charge on any atom is 0.150 e. The first-order chi connectivity index (χ1) is 28.7. The predicted molar refractivity (Wildman–Crippen MR) is 250 cm³/mol. The summed E-state index contributed by atoms with van der Waals surface area (Å²) in [7, 11) is 0. The highest BCUT2D eigenvalue weighted by Gasteiger charge is 2.13. The van der Waals surface area contributed by atoms with E-state index < -0.39 is 0 Å². The van der Waals surface area contributed by atoms with Crippen LogP contribution in [0.1, 0.15) is 132 Å². The smallest absolute Gasteiger partial charge is 0.150 e. The number of hydrazone groups is 2. The fourth-order valence-corrected chi connectivity index (χ4v) is 7.16. The average molecular weight is 776 g/mol. The molecule has 0 aliphatic carbocycles. The zero-order valence-electron chi connectivity index (χ0n) is 35.1. The molecule has 5 aromatic carbocycles. The van der Waals surface area contributed by atoms with Gasteiger partial charge in [0.05, 0.1) is 23.8 Å². The maximum absolute atomic E-state index is 11.3. The van der Waals surface area contributed by atoms with Gasteiger partial charge in [-0.1, -0.05) is 158 Å². The van der Waals surface area contributed by atoms with Crippen molar-refractivity contribution in [2.24, 2.45) is 10.2 Å². The number of carbonyl (C=O) groups excluding carboxylic acids is 1. The van der Waals surface area contributed by atoms with E-state index >= 15 is 0 Å². The van der Waals surface area contributed by atoms with Crippen LogP contribution < -0.4 is 14.9 Å². The zero-order chi connectivity index (χ0) is 40.5. The van der Waals surface area contributed by atoms with Gasteiger partial charge in [-0.2, -0.15) is 10.2 Å². The Kier molecular flexibility index (Phi) is 19.3. The van der Waals surface area contributed by atoms with Crippen molar-refractivity contribution in [3.8, 4) is 0 Å². The second-order valence-electron chi connectivity index (χ2n) is 15.2. The quantitative estimate of drug-likeness (QED) is 0.0231. The van der Waals surface area contributed by atoms with E-state index in [1.807, 2.05) is 36.7 Å². The molecule has 0 saturated carbocycles. The molecule has 0 unspecified atom stereocenters. The van der Waals surface area contributed by atoms with Crippen LogP contribution in [0.15, 0.2) is 144 Å². The molecule has 5 rings (SSSR count). The Bertz CT molecular complexity index is 1890. The Morgan fingerprint density at radius 3 is 1.12 bits per heavy atom. The van der Waals surface area contributed by atoms with Crippen molar-refractivity contribution >= 4 is 47.2 Å². The fourth-order valence-electron chi connectivity index (χ4n) is 7.16. The molecule has 0 fully saturated rings. The molecule has 0 atom stereocenters. The monoisotopic (exact) mass is 776 g/mol. The third-order valence-electron chi connectivity index (χ3n) is 10.6. The number of anilines is 5. The molecule has 0 amide bonds. The van der Waals surface area contributed by atoms with Crippen molar-refractivity contribution < 1.29 is 4.79 Å². The third-order valence-corrected chi connectivity index (χ3v) is 10.6. The first-order valence-electron chi connectivity index (χ1n) is 22.0. The molecule has 58 heavy (non-hydrogen) atoms. The van der Waals surface area contributed by atoms with Crippen molar-refractivity contribution in [1.29, 1.82) is 0 Å². The first-order valence-corrected chi connectivity index (χ1v) is 22.0. The highest BCUT2D eigenvalue weighted by molar-refractivity contribution is 5.85. The number of para-hydroxylation sites is 2. The standard InChI is InChI=1S/C52H65N5O/c1-3-5-7-9-11-13-15-22-40-55(48-24-18-16-19-25-48)53-42-45-28-36-51(37-29-45)57(50-26-20-17-21-27-50)52-38-30-46(31-39-52)43-54-56(41-23-14-12-10-8-6-4-2)49-34-32-47(44-58)33-35-49/h16-21,24-39,42-44H,3-15,22-23,40-41H2,1-2H3. The largest absolute Gasteiger partial charge is 0.311 e. The minimum absolute atomic E-state index is 0.670. The topological polar surface area (TPSA) is 51.5 Å². The lowest BCUT2D eigenvalue weighted by atomic mass is 10.1. The SMILES string of the molecule is CCCCCCCCCCN(N=Cc1ccc(N(c2ccccc2)c2ccc(C=NN(CCCCCCCCC)c3ccc(C=O)cc3)cc2)cc1)c1ccccc1. The molecule has 0 N–H and O–H groups in total. The molecule has 304 valence electrons. The van der Waals surface area contributed by atoms with E-state index in [1.165, 1.54) is 83.5 Å². The van der Waals surface area contributed by atoms with Gasteiger partial charge in [-0.05, 0) is 96.8 Å². The average Bonchev–Trinajstić information content (AvgIpc) is 3.28. The Labute approximate surface area is 349 Å². The first kappa shape index (κ1) is 43.6. The second-order valence-corrected chi connectivity index (χ2v) is 15.2. The lowest BCUT2D eigenvalue weighted by molar-refractivity contribution is 0.112. The number of unbranched alkanes of at least 4 members (excludes halogenated alkanes) is 13. The summed E-state index contributed by atoms with van der Waals surface area (Å²) in [6.45, 7) is 6.26. The van der Waals surface area contributed by atoms with Gasteiger partial charge in [0.1, 0.15) is 6.29 Å². The molecular weight excluding hydrogens is 711 g/mol. The fraction of sp³-hybridized carbons (Fsp3) is 0.365. The van der Waals surface area contributed by atoms with Crippen molar-refractivity contribution in [2.75, 3.05) is 28.0 Å². The summed E-state index contributed by atoms with van der Waals surface area (Å²) in [5.41, 5.74) is 8.09. The van der Waals surface area contributed by atoms with Crippen LogP contribution in [-0.2, 0) is 0 Å². The van der Waals surface area contributed by atoms with Crippen molar-refractivity contribution in [3.05, 3.63) is 150 Å². The van der Waals surface area contributed by atoms with Crippen molar-refractivity contribution in [3.63, 3.8) is 0 Å². The van der Waals surface area contributed by atoms with Crippen molar-refractivity contribution in [2.45, 2.75) is 110 Å². The van der Waals surface area contributed by atoms with Crippen LogP contribution in [0.3, 0.4) is 0 Å². The number of aldehydes is 1. The third kappa shape index (κ3) is 14.8. The lowest BCUT2D eigenvalue weighted by Crippen LogP contribution is -2.18. The van der Waals surface area contributed by atoms with Crippen LogP contribution in [0.5, 0.6) is 0 Å². The van der Waals surface area contributed by atoms with E-state index in [-0.39, 0.29) is 0 Å². The molecular formula is C52H65N5O. The molecule has 6 heteroatoms. The normalized spacial score (nSPS) is 11.3. The molecule has 0 saturated heterocycles. The Hall–Kier alpha value is -5.49. The van der Waals surface area contributed by atoms with Gasteiger partial charge in [0.25, 0.3) is 0 Å². The number of nitrogens with zero attached hydrogens (tertiary/aromatic N) is 5. The van der Waals surface area contributed by atoms with E-state index in [0.29, 0.717) is 5.56 Å². The molecule has 0 aliphatic rings. The van der Waals surface area contributed by atoms with Crippen LogP contribution in [0.25, 0.3) is 0 Å². The molecule has 0 radical (unpaired) electrons. The van der Waals surface area contributed by atoms with Gasteiger partial charge in [0.2, 0.25) is 0 Å². The van der Waals surface area contributed by atoms with Crippen LogP contribution in [0.2, 0.25) is 0 Å². The maximum atomic E-state index is 11.3. The summed E-state index contributed by atoms with van der Waals surface area (Å²) in [5, 5.41) is 14.1. The lowest BCUT2D eigenvalue weighted by Gasteiger charge is -2.25. The van der Waals surface area contributed by atoms with E-state index in [9.17, 15) is 4.79 Å². The molecule has 5 aromatic rings. The van der Waals surface area contributed by atoms with Gasteiger partial charge in [0.15, 0.2) is 0 Å². The van der Waals surface area contributed by atoms with E-state index in [2.05, 4.69) is 138 Å². The summed E-state index contributed by atoms with van der Waals surface area (Å²) in [6, 6.07) is 45.9. The van der Waals surface area contributed by atoms with Gasteiger partial charge in [-0.15, -0.1) is 0 Å².